The number of thiazole rings is 1. The van der Waals surface area contributed by atoms with E-state index in [0.717, 1.165) is 49.6 Å². The molecule has 7 nitrogen and oxygen atoms in total. The summed E-state index contributed by atoms with van der Waals surface area (Å²) in [6.07, 6.45) is 1.90. The number of benzene rings is 1. The van der Waals surface area contributed by atoms with Crippen molar-refractivity contribution in [2.24, 2.45) is 4.99 Å². The molecule has 0 bridgehead atoms. The smallest absolute Gasteiger partial charge is 0.191 e. The Morgan fingerprint density at radius 2 is 2.00 bits per heavy atom. The molecular weight excluding hydrogens is 501 g/mol. The lowest BCUT2D eigenvalue weighted by Gasteiger charge is -2.35. The summed E-state index contributed by atoms with van der Waals surface area (Å²) < 4.78 is 10.8. The topological polar surface area (TPSA) is 71.0 Å². The number of rotatable bonds is 7. The van der Waals surface area contributed by atoms with Gasteiger partial charge in [0.05, 0.1) is 32.9 Å². The van der Waals surface area contributed by atoms with Gasteiger partial charge in [0.2, 0.25) is 0 Å². The normalized spacial score (nSPS) is 16.0. The molecule has 2 heterocycles. The molecule has 1 saturated heterocycles. The summed E-state index contributed by atoms with van der Waals surface area (Å²) in [6, 6.07) is 8.53. The Balaban J connectivity index is 0.00000300. The van der Waals surface area contributed by atoms with Gasteiger partial charge in [0, 0.05) is 37.8 Å². The Bertz CT molecular complexity index is 762. The molecule has 1 aliphatic rings. The predicted octanol–water partition coefficient (Wildman–Crippen LogP) is 2.82. The second kappa shape index (κ2) is 12.3. The van der Waals surface area contributed by atoms with E-state index in [2.05, 4.69) is 44.6 Å². The number of methoxy groups -OCH3 is 1. The second-order valence-corrected chi connectivity index (χ2v) is 7.93. The number of guanidine groups is 1. The molecule has 29 heavy (non-hydrogen) atoms. The summed E-state index contributed by atoms with van der Waals surface area (Å²) in [7, 11) is 3.48. The molecule has 9 heteroatoms. The van der Waals surface area contributed by atoms with E-state index in [4.69, 9.17) is 9.47 Å². The first kappa shape index (κ1) is 23.8. The summed E-state index contributed by atoms with van der Waals surface area (Å²) in [4.78, 5) is 12.4. The summed E-state index contributed by atoms with van der Waals surface area (Å²) in [5, 5.41) is 7.88. The number of nitrogens with zero attached hydrogens (tertiary/aromatic N) is 3. The van der Waals surface area contributed by atoms with Gasteiger partial charge in [0.1, 0.15) is 10.8 Å². The van der Waals surface area contributed by atoms with Crippen molar-refractivity contribution in [2.45, 2.75) is 19.5 Å². The van der Waals surface area contributed by atoms with Crippen LogP contribution in [0.2, 0.25) is 0 Å². The Morgan fingerprint density at radius 3 is 2.59 bits per heavy atom. The highest BCUT2D eigenvalue weighted by Gasteiger charge is 2.23. The first-order chi connectivity index (χ1) is 13.7. The first-order valence-electron chi connectivity index (χ1n) is 9.51. The van der Waals surface area contributed by atoms with Crippen molar-refractivity contribution in [1.29, 1.82) is 0 Å². The Labute approximate surface area is 193 Å². The summed E-state index contributed by atoms with van der Waals surface area (Å²) >= 11 is 1.70. The maximum Gasteiger partial charge on any atom is 0.191 e. The predicted molar refractivity (Wildman–Crippen MR) is 129 cm³/mol. The van der Waals surface area contributed by atoms with Crippen molar-refractivity contribution in [1.82, 2.24) is 20.5 Å². The van der Waals surface area contributed by atoms with Gasteiger partial charge < -0.3 is 20.1 Å². The van der Waals surface area contributed by atoms with Crippen molar-refractivity contribution in [3.63, 3.8) is 0 Å². The number of hydrogen-bond donors (Lipinski definition) is 2. The van der Waals surface area contributed by atoms with E-state index < -0.39 is 0 Å². The van der Waals surface area contributed by atoms with E-state index in [1.165, 1.54) is 10.4 Å². The zero-order valence-corrected chi connectivity index (χ0v) is 20.3. The molecule has 1 aromatic heterocycles. The number of halogens is 1. The molecule has 1 atom stereocenters. The van der Waals surface area contributed by atoms with Crippen LogP contribution in [0.15, 0.2) is 35.5 Å². The molecule has 1 fully saturated rings. The van der Waals surface area contributed by atoms with Crippen LogP contribution in [0.5, 0.6) is 5.75 Å². The van der Waals surface area contributed by atoms with Crippen molar-refractivity contribution in [3.05, 3.63) is 45.9 Å². The average molecular weight is 531 g/mol. The van der Waals surface area contributed by atoms with Crippen molar-refractivity contribution >= 4 is 41.3 Å². The van der Waals surface area contributed by atoms with Gasteiger partial charge in [-0.2, -0.15) is 0 Å². The Kier molecular flexibility index (Phi) is 10.1. The van der Waals surface area contributed by atoms with Crippen LogP contribution in [-0.2, 0) is 11.3 Å². The lowest BCUT2D eigenvalue weighted by Crippen LogP contribution is -2.46. The van der Waals surface area contributed by atoms with Gasteiger partial charge in [-0.05, 0) is 24.6 Å². The molecule has 3 rings (SSSR count). The molecule has 1 aromatic carbocycles. The summed E-state index contributed by atoms with van der Waals surface area (Å²) in [6.45, 7) is 6.86. The Morgan fingerprint density at radius 1 is 1.28 bits per heavy atom. The van der Waals surface area contributed by atoms with Gasteiger partial charge in [0.25, 0.3) is 0 Å². The van der Waals surface area contributed by atoms with E-state index in [1.54, 1.807) is 25.5 Å². The number of morpholine rings is 1. The number of ether oxygens (including phenoxy) is 2. The molecule has 1 aliphatic heterocycles. The van der Waals surface area contributed by atoms with Crippen LogP contribution in [0.25, 0.3) is 0 Å². The minimum atomic E-state index is 0. The number of aryl methyl sites for hydroxylation is 1. The number of aromatic nitrogens is 1. The fourth-order valence-corrected chi connectivity index (χ4v) is 3.96. The van der Waals surface area contributed by atoms with Crippen molar-refractivity contribution in [2.75, 3.05) is 47.0 Å². The molecule has 0 aliphatic carbocycles. The maximum absolute atomic E-state index is 5.53. The van der Waals surface area contributed by atoms with Gasteiger partial charge >= 0.3 is 0 Å². The lowest BCUT2D eigenvalue weighted by molar-refractivity contribution is 0.0170. The van der Waals surface area contributed by atoms with Crippen LogP contribution in [0, 0.1) is 6.92 Å². The quantitative estimate of drug-likeness (QED) is 0.326. The fraction of sp³-hybridized carbons (Fsp3) is 0.500. The van der Waals surface area contributed by atoms with Crippen molar-refractivity contribution in [3.8, 4) is 5.75 Å². The van der Waals surface area contributed by atoms with Crippen LogP contribution in [-0.4, -0.2) is 62.8 Å². The van der Waals surface area contributed by atoms with Crippen LogP contribution in [0.3, 0.4) is 0 Å². The number of aliphatic imine (C=N–C) groups is 1. The maximum atomic E-state index is 5.53. The average Bonchev–Trinajstić information content (AvgIpc) is 3.16. The minimum absolute atomic E-state index is 0. The van der Waals surface area contributed by atoms with E-state index in [-0.39, 0.29) is 30.0 Å². The number of nitrogens with one attached hydrogen (secondary N) is 2. The summed E-state index contributed by atoms with van der Waals surface area (Å²) in [5.41, 5.74) is 1.25. The van der Waals surface area contributed by atoms with Gasteiger partial charge in [-0.3, -0.25) is 9.89 Å². The van der Waals surface area contributed by atoms with E-state index in [1.807, 2.05) is 18.3 Å². The lowest BCUT2D eigenvalue weighted by atomic mass is 10.0. The van der Waals surface area contributed by atoms with E-state index in [0.29, 0.717) is 6.54 Å². The summed E-state index contributed by atoms with van der Waals surface area (Å²) in [5.74, 6) is 1.65. The highest BCUT2D eigenvalue weighted by atomic mass is 127. The molecule has 2 N–H and O–H groups in total. The molecule has 1 unspecified atom stereocenters. The van der Waals surface area contributed by atoms with Crippen LogP contribution < -0.4 is 15.4 Å². The molecule has 160 valence electrons. The monoisotopic (exact) mass is 531 g/mol. The van der Waals surface area contributed by atoms with Crippen LogP contribution >= 0.6 is 35.3 Å². The third-order valence-corrected chi connectivity index (χ3v) is 5.66. The highest BCUT2D eigenvalue weighted by Crippen LogP contribution is 2.23. The molecule has 2 aromatic rings. The van der Waals surface area contributed by atoms with E-state index in [9.17, 15) is 0 Å². The molecule has 0 radical (unpaired) electrons. The third-order valence-electron chi connectivity index (χ3n) is 4.75. The zero-order chi connectivity index (χ0) is 19.8. The zero-order valence-electron chi connectivity index (χ0n) is 17.2. The first-order valence-corrected chi connectivity index (χ1v) is 10.3. The molecule has 0 spiro atoms. The fourth-order valence-electron chi connectivity index (χ4n) is 3.23. The highest BCUT2D eigenvalue weighted by molar-refractivity contribution is 14.0. The molecular formula is C20H30IN5O2S. The largest absolute Gasteiger partial charge is 0.497 e. The van der Waals surface area contributed by atoms with Gasteiger partial charge in [-0.25, -0.2) is 4.98 Å². The number of hydrogen-bond acceptors (Lipinski definition) is 6. The van der Waals surface area contributed by atoms with Gasteiger partial charge in [0.15, 0.2) is 5.96 Å². The van der Waals surface area contributed by atoms with Crippen LogP contribution in [0.4, 0.5) is 0 Å². The molecule has 0 saturated carbocycles. The van der Waals surface area contributed by atoms with E-state index >= 15 is 0 Å². The SMILES string of the molecule is CN=C(NCc1ncc(C)s1)NCC(c1ccc(OC)cc1)N1CCOCC1.I. The van der Waals surface area contributed by atoms with Crippen molar-refractivity contribution < 1.29 is 9.47 Å². The van der Waals surface area contributed by atoms with Gasteiger partial charge in [-0.15, -0.1) is 35.3 Å². The second-order valence-electron chi connectivity index (χ2n) is 6.61. The minimum Gasteiger partial charge on any atom is -0.497 e. The van der Waals surface area contributed by atoms with Gasteiger partial charge in [-0.1, -0.05) is 12.1 Å². The Hall–Kier alpha value is -1.43. The van der Waals surface area contributed by atoms with Crippen LogP contribution in [0.1, 0.15) is 21.5 Å². The standard InChI is InChI=1S/C20H29N5O2S.HI/c1-15-12-22-19(28-15)14-24-20(21-2)23-13-18(25-8-10-27-11-9-25)16-4-6-17(26-3)7-5-16;/h4-7,12,18H,8-11,13-14H2,1-3H3,(H2,21,23,24);1H. The molecule has 0 amide bonds. The third kappa shape index (κ3) is 7.09.